The maximum absolute atomic E-state index is 6.13. The molecule has 1 aliphatic carbocycles. The molecule has 31 heavy (non-hydrogen) atoms. The van der Waals surface area contributed by atoms with E-state index in [1.807, 2.05) is 0 Å². The van der Waals surface area contributed by atoms with Crippen molar-refractivity contribution in [3.63, 3.8) is 0 Å². The SMILES string of the molecule is CCCCC[C@H]1CO[C@H](c2ccc(-c3ccc(C4CCC(CC)CC4)cc3)cc2)CO1. The minimum absolute atomic E-state index is 0.0668. The maximum atomic E-state index is 6.13. The molecule has 2 aromatic carbocycles. The van der Waals surface area contributed by atoms with E-state index >= 15 is 0 Å². The lowest BCUT2D eigenvalue weighted by atomic mass is 9.77. The number of rotatable bonds is 8. The van der Waals surface area contributed by atoms with E-state index in [4.69, 9.17) is 9.47 Å². The summed E-state index contributed by atoms with van der Waals surface area (Å²) >= 11 is 0. The molecule has 2 aromatic rings. The van der Waals surface area contributed by atoms with Crippen molar-refractivity contribution in [2.75, 3.05) is 13.2 Å². The van der Waals surface area contributed by atoms with Gasteiger partial charge in [-0.25, -0.2) is 0 Å². The quantitative estimate of drug-likeness (QED) is 0.402. The lowest BCUT2D eigenvalue weighted by molar-refractivity contribution is -0.137. The van der Waals surface area contributed by atoms with Crippen molar-refractivity contribution in [1.82, 2.24) is 0 Å². The first-order chi connectivity index (χ1) is 15.3. The smallest absolute Gasteiger partial charge is 0.106 e. The Bertz CT molecular complexity index is 763. The largest absolute Gasteiger partial charge is 0.373 e. The molecule has 1 saturated heterocycles. The number of ether oxygens (including phenoxy) is 2. The molecule has 0 amide bonds. The third-order valence-corrected chi connectivity index (χ3v) is 7.52. The third kappa shape index (κ3) is 5.99. The molecule has 0 N–H and O–H groups in total. The highest BCUT2D eigenvalue weighted by Gasteiger charge is 2.23. The summed E-state index contributed by atoms with van der Waals surface area (Å²) in [5, 5.41) is 0. The Hall–Kier alpha value is -1.64. The Morgan fingerprint density at radius 3 is 1.90 bits per heavy atom. The first-order valence-electron chi connectivity index (χ1n) is 12.7. The topological polar surface area (TPSA) is 18.5 Å². The van der Waals surface area contributed by atoms with Gasteiger partial charge in [-0.15, -0.1) is 0 Å². The molecule has 2 fully saturated rings. The lowest BCUT2D eigenvalue weighted by Gasteiger charge is -2.30. The zero-order valence-electron chi connectivity index (χ0n) is 19.5. The Morgan fingerprint density at radius 1 is 0.710 bits per heavy atom. The van der Waals surface area contributed by atoms with E-state index in [1.165, 1.54) is 73.6 Å². The molecule has 0 aromatic heterocycles. The predicted octanol–water partition coefficient (Wildman–Crippen LogP) is 8.07. The molecule has 0 bridgehead atoms. The fourth-order valence-corrected chi connectivity index (χ4v) is 5.27. The molecular weight excluding hydrogens is 380 g/mol. The molecule has 0 unspecified atom stereocenters. The summed E-state index contributed by atoms with van der Waals surface area (Å²) in [6.07, 6.45) is 12.1. The van der Waals surface area contributed by atoms with Crippen molar-refractivity contribution in [1.29, 1.82) is 0 Å². The van der Waals surface area contributed by atoms with Crippen LogP contribution in [0.4, 0.5) is 0 Å². The Morgan fingerprint density at radius 2 is 1.35 bits per heavy atom. The van der Waals surface area contributed by atoms with Crippen molar-refractivity contribution >= 4 is 0 Å². The monoisotopic (exact) mass is 420 g/mol. The van der Waals surface area contributed by atoms with Gasteiger partial charge in [0.15, 0.2) is 0 Å². The average molecular weight is 421 g/mol. The Balaban J connectivity index is 1.30. The van der Waals surface area contributed by atoms with Gasteiger partial charge in [-0.05, 0) is 66.2 Å². The first kappa shape index (κ1) is 22.6. The van der Waals surface area contributed by atoms with Crippen LogP contribution < -0.4 is 0 Å². The molecule has 2 aliphatic rings. The zero-order valence-corrected chi connectivity index (χ0v) is 19.5. The summed E-state index contributed by atoms with van der Waals surface area (Å²) in [6, 6.07) is 18.2. The van der Waals surface area contributed by atoms with Crippen LogP contribution in [0.15, 0.2) is 48.5 Å². The van der Waals surface area contributed by atoms with Crippen LogP contribution in [0.2, 0.25) is 0 Å². The minimum atomic E-state index is 0.0668. The molecule has 168 valence electrons. The summed E-state index contributed by atoms with van der Waals surface area (Å²) in [7, 11) is 0. The van der Waals surface area contributed by atoms with Crippen molar-refractivity contribution in [3.8, 4) is 11.1 Å². The summed E-state index contributed by atoms with van der Waals surface area (Å²) in [4.78, 5) is 0. The van der Waals surface area contributed by atoms with Gasteiger partial charge >= 0.3 is 0 Å². The van der Waals surface area contributed by atoms with Gasteiger partial charge in [-0.3, -0.25) is 0 Å². The fourth-order valence-electron chi connectivity index (χ4n) is 5.27. The molecule has 2 nitrogen and oxygen atoms in total. The zero-order chi connectivity index (χ0) is 21.5. The number of unbranched alkanes of at least 4 members (excludes halogenated alkanes) is 2. The molecule has 0 spiro atoms. The van der Waals surface area contributed by atoms with E-state index in [9.17, 15) is 0 Å². The van der Waals surface area contributed by atoms with Crippen LogP contribution in [-0.2, 0) is 9.47 Å². The molecule has 1 heterocycles. The normalized spacial score (nSPS) is 26.6. The van der Waals surface area contributed by atoms with Crippen LogP contribution in [0.3, 0.4) is 0 Å². The molecular formula is C29H40O2. The van der Waals surface area contributed by atoms with Crippen LogP contribution in [-0.4, -0.2) is 19.3 Å². The van der Waals surface area contributed by atoms with Gasteiger partial charge < -0.3 is 9.47 Å². The van der Waals surface area contributed by atoms with Gasteiger partial charge in [0.1, 0.15) is 6.10 Å². The van der Waals surface area contributed by atoms with Crippen molar-refractivity contribution in [2.24, 2.45) is 5.92 Å². The second kappa shape index (κ2) is 11.3. The molecule has 2 heteroatoms. The second-order valence-electron chi connectivity index (χ2n) is 9.64. The van der Waals surface area contributed by atoms with Gasteiger partial charge in [0.05, 0.1) is 19.3 Å². The Labute approximate surface area is 189 Å². The first-order valence-corrected chi connectivity index (χ1v) is 12.7. The number of hydrogen-bond donors (Lipinski definition) is 0. The highest BCUT2D eigenvalue weighted by Crippen LogP contribution is 2.37. The summed E-state index contributed by atoms with van der Waals surface area (Å²) in [5.41, 5.74) is 5.32. The van der Waals surface area contributed by atoms with Crippen molar-refractivity contribution in [2.45, 2.75) is 89.8 Å². The Kier molecular flexibility index (Phi) is 8.21. The highest BCUT2D eigenvalue weighted by atomic mass is 16.6. The van der Waals surface area contributed by atoms with Crippen LogP contribution in [0, 0.1) is 5.92 Å². The molecule has 4 rings (SSSR count). The number of hydrogen-bond acceptors (Lipinski definition) is 2. The summed E-state index contributed by atoms with van der Waals surface area (Å²) in [5.74, 6) is 1.72. The second-order valence-corrected chi connectivity index (χ2v) is 9.64. The average Bonchev–Trinajstić information content (AvgIpc) is 2.85. The molecule has 1 saturated carbocycles. The standard InChI is InChI=1S/C29H40O2/c1-3-5-6-7-28-20-31-29(21-30-28)27-18-16-26(17-19-27)25-14-12-24(13-15-25)23-10-8-22(4-2)9-11-23/h12-19,22-23,28-29H,3-11,20-21H2,1-2H3/t22?,23?,28-,29-/m0/s1. The van der Waals surface area contributed by atoms with E-state index in [-0.39, 0.29) is 12.2 Å². The van der Waals surface area contributed by atoms with Gasteiger partial charge in [-0.2, -0.15) is 0 Å². The van der Waals surface area contributed by atoms with Gasteiger partial charge in [0.2, 0.25) is 0 Å². The summed E-state index contributed by atoms with van der Waals surface area (Å²) < 4.78 is 12.2. The highest BCUT2D eigenvalue weighted by molar-refractivity contribution is 5.64. The van der Waals surface area contributed by atoms with E-state index in [0.29, 0.717) is 6.61 Å². The maximum Gasteiger partial charge on any atom is 0.106 e. The van der Waals surface area contributed by atoms with Crippen LogP contribution in [0.1, 0.15) is 94.8 Å². The lowest BCUT2D eigenvalue weighted by Crippen LogP contribution is -2.31. The minimum Gasteiger partial charge on any atom is -0.373 e. The summed E-state index contributed by atoms with van der Waals surface area (Å²) in [6.45, 7) is 5.97. The number of benzene rings is 2. The van der Waals surface area contributed by atoms with Gasteiger partial charge in [0, 0.05) is 0 Å². The predicted molar refractivity (Wildman–Crippen MR) is 129 cm³/mol. The van der Waals surface area contributed by atoms with Gasteiger partial charge in [-0.1, -0.05) is 88.1 Å². The van der Waals surface area contributed by atoms with Crippen LogP contribution in [0.25, 0.3) is 11.1 Å². The molecule has 0 radical (unpaired) electrons. The van der Waals surface area contributed by atoms with Crippen molar-refractivity contribution in [3.05, 3.63) is 59.7 Å². The molecule has 2 atom stereocenters. The van der Waals surface area contributed by atoms with Crippen LogP contribution >= 0.6 is 0 Å². The third-order valence-electron chi connectivity index (χ3n) is 7.52. The van der Waals surface area contributed by atoms with E-state index in [1.54, 1.807) is 0 Å². The van der Waals surface area contributed by atoms with Gasteiger partial charge in [0.25, 0.3) is 0 Å². The fraction of sp³-hybridized carbons (Fsp3) is 0.586. The van der Waals surface area contributed by atoms with Crippen molar-refractivity contribution < 1.29 is 9.47 Å². The van der Waals surface area contributed by atoms with E-state index < -0.39 is 0 Å². The molecule has 1 aliphatic heterocycles. The van der Waals surface area contributed by atoms with Crippen LogP contribution in [0.5, 0.6) is 0 Å². The van der Waals surface area contributed by atoms with E-state index in [2.05, 4.69) is 62.4 Å². The van der Waals surface area contributed by atoms with E-state index in [0.717, 1.165) is 24.9 Å².